The molecular weight excluding hydrogens is 469 g/mol. The van der Waals surface area contributed by atoms with E-state index in [1.807, 2.05) is 17.8 Å². The molecule has 0 spiro atoms. The standard InChI is InChI=1S/C20H18IN5S/c21-15-6-7-17-16(12-15)19(14-4-2-1-3-5-14)22-13-18-23-24-20(26(17)18)25-8-10-27-11-9-25/h1-7,12H,8-11,13H2. The molecule has 0 atom stereocenters. The zero-order valence-corrected chi connectivity index (χ0v) is 17.7. The molecule has 2 aliphatic heterocycles. The van der Waals surface area contributed by atoms with Crippen LogP contribution in [0.4, 0.5) is 5.95 Å². The number of rotatable bonds is 2. The number of benzene rings is 2. The van der Waals surface area contributed by atoms with Crippen molar-refractivity contribution in [3.8, 4) is 5.69 Å². The Bertz CT molecular complexity index is 1010. The average Bonchev–Trinajstić information content (AvgIpc) is 3.07. The number of thioether (sulfide) groups is 1. The Kier molecular flexibility index (Phi) is 4.65. The van der Waals surface area contributed by atoms with Gasteiger partial charge in [-0.05, 0) is 40.8 Å². The third-order valence-electron chi connectivity index (χ3n) is 4.89. The number of aliphatic imine (C=N–C) groups is 1. The van der Waals surface area contributed by atoms with Crippen LogP contribution in [0.1, 0.15) is 17.0 Å². The van der Waals surface area contributed by atoms with E-state index in [-0.39, 0.29) is 0 Å². The summed E-state index contributed by atoms with van der Waals surface area (Å²) in [4.78, 5) is 7.29. The van der Waals surface area contributed by atoms with Gasteiger partial charge in [0.1, 0.15) is 6.54 Å². The number of fused-ring (bicyclic) bond motifs is 3. The van der Waals surface area contributed by atoms with E-state index in [2.05, 4.69) is 84.7 Å². The predicted octanol–water partition coefficient (Wildman–Crippen LogP) is 3.78. The predicted molar refractivity (Wildman–Crippen MR) is 119 cm³/mol. The lowest BCUT2D eigenvalue weighted by atomic mass is 10.0. The van der Waals surface area contributed by atoms with Crippen molar-refractivity contribution in [2.75, 3.05) is 29.5 Å². The van der Waals surface area contributed by atoms with Crippen LogP contribution < -0.4 is 4.90 Å². The number of hydrogen-bond donors (Lipinski definition) is 0. The van der Waals surface area contributed by atoms with E-state index in [0.29, 0.717) is 6.54 Å². The fourth-order valence-corrected chi connectivity index (χ4v) is 4.99. The number of halogens is 1. The van der Waals surface area contributed by atoms with Crippen LogP contribution in [0.5, 0.6) is 0 Å². The zero-order chi connectivity index (χ0) is 18.2. The summed E-state index contributed by atoms with van der Waals surface area (Å²) in [6.07, 6.45) is 0. The molecule has 5 rings (SSSR count). The summed E-state index contributed by atoms with van der Waals surface area (Å²) in [7, 11) is 0. The highest BCUT2D eigenvalue weighted by molar-refractivity contribution is 14.1. The molecule has 5 nitrogen and oxygen atoms in total. The fraction of sp³-hybridized carbons (Fsp3) is 0.250. The molecule has 136 valence electrons. The summed E-state index contributed by atoms with van der Waals surface area (Å²) >= 11 is 4.37. The van der Waals surface area contributed by atoms with Gasteiger partial charge in [0.15, 0.2) is 5.82 Å². The van der Waals surface area contributed by atoms with Gasteiger partial charge in [0, 0.05) is 39.3 Å². The number of anilines is 1. The second-order valence-electron chi connectivity index (χ2n) is 6.54. The Labute approximate surface area is 176 Å². The first-order chi connectivity index (χ1) is 13.3. The molecule has 0 amide bonds. The van der Waals surface area contributed by atoms with Crippen LogP contribution in [-0.4, -0.2) is 45.1 Å². The molecule has 0 N–H and O–H groups in total. The smallest absolute Gasteiger partial charge is 0.232 e. The third kappa shape index (κ3) is 3.16. The Balaban J connectivity index is 1.69. The van der Waals surface area contributed by atoms with E-state index < -0.39 is 0 Å². The molecule has 3 aromatic rings. The van der Waals surface area contributed by atoms with E-state index in [4.69, 9.17) is 4.99 Å². The van der Waals surface area contributed by atoms with Crippen LogP contribution in [0.25, 0.3) is 5.69 Å². The molecule has 0 unspecified atom stereocenters. The Hall–Kier alpha value is -1.87. The first-order valence-corrected chi connectivity index (χ1v) is 11.2. The zero-order valence-electron chi connectivity index (χ0n) is 14.7. The van der Waals surface area contributed by atoms with Gasteiger partial charge < -0.3 is 4.90 Å². The minimum absolute atomic E-state index is 0.533. The second kappa shape index (κ2) is 7.27. The summed E-state index contributed by atoms with van der Waals surface area (Å²) in [5.74, 6) is 4.11. The van der Waals surface area contributed by atoms with Crippen molar-refractivity contribution in [2.45, 2.75) is 6.54 Å². The van der Waals surface area contributed by atoms with E-state index in [9.17, 15) is 0 Å². The normalized spacial score (nSPS) is 16.3. The van der Waals surface area contributed by atoms with Gasteiger partial charge in [-0.2, -0.15) is 11.8 Å². The van der Waals surface area contributed by atoms with Gasteiger partial charge in [-0.1, -0.05) is 30.3 Å². The highest BCUT2D eigenvalue weighted by Gasteiger charge is 2.26. The van der Waals surface area contributed by atoms with Gasteiger partial charge in [0.25, 0.3) is 0 Å². The van der Waals surface area contributed by atoms with Crippen LogP contribution in [0.15, 0.2) is 53.5 Å². The van der Waals surface area contributed by atoms with Crippen LogP contribution in [0.2, 0.25) is 0 Å². The molecule has 0 bridgehead atoms. The lowest BCUT2D eigenvalue weighted by Gasteiger charge is -2.27. The van der Waals surface area contributed by atoms with Gasteiger partial charge in [0.05, 0.1) is 11.4 Å². The van der Waals surface area contributed by atoms with E-state index in [0.717, 1.165) is 58.9 Å². The monoisotopic (exact) mass is 487 g/mol. The van der Waals surface area contributed by atoms with Crippen LogP contribution >= 0.6 is 34.4 Å². The van der Waals surface area contributed by atoms with Gasteiger partial charge in [0.2, 0.25) is 5.95 Å². The molecule has 1 aromatic heterocycles. The van der Waals surface area contributed by atoms with Gasteiger partial charge in [-0.25, -0.2) is 0 Å². The summed E-state index contributed by atoms with van der Waals surface area (Å²) in [5.41, 5.74) is 4.41. The molecule has 0 aliphatic carbocycles. The van der Waals surface area contributed by atoms with Gasteiger partial charge in [-0.15, -0.1) is 10.2 Å². The van der Waals surface area contributed by atoms with Crippen molar-refractivity contribution in [2.24, 2.45) is 4.99 Å². The van der Waals surface area contributed by atoms with Crippen LogP contribution in [0, 0.1) is 3.57 Å². The molecule has 7 heteroatoms. The topological polar surface area (TPSA) is 46.3 Å². The molecule has 27 heavy (non-hydrogen) atoms. The molecular formula is C20H18IN5S. The quantitative estimate of drug-likeness (QED) is 0.517. The lowest BCUT2D eigenvalue weighted by Crippen LogP contribution is -2.34. The summed E-state index contributed by atoms with van der Waals surface area (Å²) in [6, 6.07) is 16.9. The number of hydrogen-bond acceptors (Lipinski definition) is 5. The third-order valence-corrected chi connectivity index (χ3v) is 6.50. The van der Waals surface area contributed by atoms with Crippen molar-refractivity contribution >= 4 is 46.0 Å². The minimum atomic E-state index is 0.533. The van der Waals surface area contributed by atoms with Crippen molar-refractivity contribution in [3.63, 3.8) is 0 Å². The van der Waals surface area contributed by atoms with Crippen molar-refractivity contribution in [1.29, 1.82) is 0 Å². The summed E-state index contributed by atoms with van der Waals surface area (Å²) in [6.45, 7) is 2.55. The molecule has 2 aliphatic rings. The minimum Gasteiger partial charge on any atom is -0.339 e. The first kappa shape index (κ1) is 17.2. The van der Waals surface area contributed by atoms with Crippen molar-refractivity contribution in [1.82, 2.24) is 14.8 Å². The lowest BCUT2D eigenvalue weighted by molar-refractivity contribution is 0.791. The molecule has 1 saturated heterocycles. The Morgan fingerprint density at radius 1 is 0.963 bits per heavy atom. The SMILES string of the molecule is Ic1ccc2c(c1)C(c1ccccc1)=NCc1nnc(N3CCSCC3)n1-2. The van der Waals surface area contributed by atoms with Crippen molar-refractivity contribution < 1.29 is 0 Å². The van der Waals surface area contributed by atoms with Crippen LogP contribution in [-0.2, 0) is 6.54 Å². The average molecular weight is 487 g/mol. The maximum absolute atomic E-state index is 4.94. The Morgan fingerprint density at radius 3 is 2.59 bits per heavy atom. The summed E-state index contributed by atoms with van der Waals surface area (Å²) < 4.78 is 3.41. The largest absolute Gasteiger partial charge is 0.339 e. The Morgan fingerprint density at radius 2 is 1.78 bits per heavy atom. The summed E-state index contributed by atoms with van der Waals surface area (Å²) in [5, 5.41) is 9.04. The van der Waals surface area contributed by atoms with E-state index >= 15 is 0 Å². The van der Waals surface area contributed by atoms with Crippen LogP contribution in [0.3, 0.4) is 0 Å². The number of nitrogens with zero attached hydrogens (tertiary/aromatic N) is 5. The second-order valence-corrected chi connectivity index (χ2v) is 9.01. The highest BCUT2D eigenvalue weighted by Crippen LogP contribution is 2.30. The molecule has 0 saturated carbocycles. The van der Waals surface area contributed by atoms with Crippen molar-refractivity contribution in [3.05, 3.63) is 69.1 Å². The molecule has 0 radical (unpaired) electrons. The van der Waals surface area contributed by atoms with E-state index in [1.165, 1.54) is 3.57 Å². The maximum Gasteiger partial charge on any atom is 0.232 e. The molecule has 2 aromatic carbocycles. The maximum atomic E-state index is 4.94. The fourth-order valence-electron chi connectivity index (χ4n) is 3.60. The highest BCUT2D eigenvalue weighted by atomic mass is 127. The first-order valence-electron chi connectivity index (χ1n) is 8.98. The van der Waals surface area contributed by atoms with E-state index in [1.54, 1.807) is 0 Å². The number of aromatic nitrogens is 3. The molecule has 3 heterocycles. The molecule has 1 fully saturated rings. The van der Waals surface area contributed by atoms with Gasteiger partial charge in [-0.3, -0.25) is 9.56 Å². The van der Waals surface area contributed by atoms with Gasteiger partial charge >= 0.3 is 0 Å².